The van der Waals surface area contributed by atoms with Gasteiger partial charge in [0.25, 0.3) is 0 Å². The Hall–Kier alpha value is -0.860. The molecule has 8 heteroatoms. The van der Waals surface area contributed by atoms with Crippen molar-refractivity contribution in [3.8, 4) is 0 Å². The fraction of sp³-hybridized carbons (Fsp3) is 0.714. The molecule has 2 aliphatic rings. The topological polar surface area (TPSA) is 86.7 Å². The Morgan fingerprint density at radius 2 is 1.59 bits per heavy atom. The van der Waals surface area contributed by atoms with Gasteiger partial charge in [-0.1, -0.05) is 12.2 Å². The molecule has 0 spiro atoms. The van der Waals surface area contributed by atoms with E-state index in [1.807, 2.05) is 6.92 Å². The van der Waals surface area contributed by atoms with Crippen molar-refractivity contribution in [3.63, 3.8) is 0 Å². The molecule has 2 heterocycles. The average Bonchev–Trinajstić information content (AvgIpc) is 2.96. The van der Waals surface area contributed by atoms with Gasteiger partial charge in [0.1, 0.15) is 6.10 Å². The van der Waals surface area contributed by atoms with E-state index in [1.165, 1.54) is 0 Å². The van der Waals surface area contributed by atoms with Crippen LogP contribution < -0.4 is 0 Å². The molecule has 22 heavy (non-hydrogen) atoms. The van der Waals surface area contributed by atoms with Gasteiger partial charge >= 0.3 is 0 Å². The highest BCUT2D eigenvalue weighted by molar-refractivity contribution is 7.91. The molecule has 0 aromatic carbocycles. The number of hydrogen-bond donors (Lipinski definition) is 0. The van der Waals surface area contributed by atoms with E-state index in [-0.39, 0.29) is 35.2 Å². The predicted octanol–water partition coefficient (Wildman–Crippen LogP) is 1.10. The number of ether oxygens (including phenoxy) is 2. The second-order valence-corrected chi connectivity index (χ2v) is 9.74. The van der Waals surface area contributed by atoms with Crippen LogP contribution in [-0.4, -0.2) is 58.7 Å². The molecular weight excluding hydrogens is 328 g/mol. The third-order valence-corrected chi connectivity index (χ3v) is 6.71. The first-order valence-corrected chi connectivity index (χ1v) is 10.8. The molecule has 2 unspecified atom stereocenters. The first-order chi connectivity index (χ1) is 10.3. The van der Waals surface area contributed by atoms with Gasteiger partial charge in [-0.3, -0.25) is 0 Å². The third-order valence-electron chi connectivity index (χ3n) is 3.24. The molecule has 0 saturated carbocycles. The highest BCUT2D eigenvalue weighted by atomic mass is 32.2. The second-order valence-electron chi connectivity index (χ2n) is 5.28. The third kappa shape index (κ3) is 7.42. The van der Waals surface area contributed by atoms with E-state index in [9.17, 15) is 16.8 Å². The van der Waals surface area contributed by atoms with Crippen LogP contribution in [0.25, 0.3) is 0 Å². The molecule has 0 aliphatic carbocycles. The van der Waals surface area contributed by atoms with Crippen LogP contribution in [-0.2, 0) is 29.1 Å². The lowest BCUT2D eigenvalue weighted by Crippen LogP contribution is -2.14. The van der Waals surface area contributed by atoms with Gasteiger partial charge in [-0.2, -0.15) is 0 Å². The van der Waals surface area contributed by atoms with Crippen LogP contribution in [0.3, 0.4) is 0 Å². The summed E-state index contributed by atoms with van der Waals surface area (Å²) in [7, 11) is -5.57. The summed E-state index contributed by atoms with van der Waals surface area (Å²) in [6.07, 6.45) is 5.98. The van der Waals surface area contributed by atoms with Crippen LogP contribution in [0.4, 0.5) is 0 Å². The molecule has 2 aliphatic heterocycles. The largest absolute Gasteiger partial charge is 0.497 e. The predicted molar refractivity (Wildman–Crippen MR) is 86.2 cm³/mol. The van der Waals surface area contributed by atoms with E-state index in [4.69, 9.17) is 9.47 Å². The number of sulfone groups is 2. The van der Waals surface area contributed by atoms with Gasteiger partial charge in [0.15, 0.2) is 19.7 Å². The van der Waals surface area contributed by atoms with Gasteiger partial charge in [0.2, 0.25) is 0 Å². The van der Waals surface area contributed by atoms with E-state index in [2.05, 4.69) is 6.58 Å². The van der Waals surface area contributed by atoms with Crippen LogP contribution in [0.2, 0.25) is 0 Å². The molecule has 0 N–H and O–H groups in total. The summed E-state index contributed by atoms with van der Waals surface area (Å²) in [6.45, 7) is 5.76. The van der Waals surface area contributed by atoms with Crippen molar-refractivity contribution in [2.75, 3.05) is 29.6 Å². The average molecular weight is 352 g/mol. The summed E-state index contributed by atoms with van der Waals surface area (Å²) in [5.41, 5.74) is 0. The zero-order chi connectivity index (χ0) is 16.6. The van der Waals surface area contributed by atoms with Crippen molar-refractivity contribution in [2.45, 2.75) is 32.0 Å². The van der Waals surface area contributed by atoms with E-state index >= 15 is 0 Å². The first kappa shape index (κ1) is 19.2. The van der Waals surface area contributed by atoms with Crippen molar-refractivity contribution in [2.24, 2.45) is 0 Å². The molecule has 0 aromatic rings. The Labute approximate surface area is 133 Å². The summed E-state index contributed by atoms with van der Waals surface area (Å²) in [4.78, 5) is 0. The molecule has 0 amide bonds. The molecular formula is C14H24O6S2. The van der Waals surface area contributed by atoms with Crippen LogP contribution in [0.15, 0.2) is 25.0 Å². The first-order valence-electron chi connectivity index (χ1n) is 7.18. The zero-order valence-corrected chi connectivity index (χ0v) is 14.4. The van der Waals surface area contributed by atoms with Gasteiger partial charge in [-0.05, 0) is 19.8 Å². The highest BCUT2D eigenvalue weighted by Gasteiger charge is 2.28. The smallest absolute Gasteiger partial charge is 0.154 e. The SMILES string of the molecule is C=CCOC1CCS(=O)(=O)C1.CC=COC1CCS(=O)(=O)C1. The molecule has 2 saturated heterocycles. The maximum atomic E-state index is 10.9. The molecule has 2 rings (SSSR count). The summed E-state index contributed by atoms with van der Waals surface area (Å²) in [5, 5.41) is 0. The summed E-state index contributed by atoms with van der Waals surface area (Å²) in [6, 6.07) is 0. The monoisotopic (exact) mass is 352 g/mol. The molecule has 0 aromatic heterocycles. The number of hydrogen-bond acceptors (Lipinski definition) is 6. The van der Waals surface area contributed by atoms with E-state index in [0.717, 1.165) is 0 Å². The summed E-state index contributed by atoms with van der Waals surface area (Å²) < 4.78 is 53.9. The summed E-state index contributed by atoms with van der Waals surface area (Å²) >= 11 is 0. The number of allylic oxidation sites excluding steroid dienone is 1. The maximum Gasteiger partial charge on any atom is 0.154 e. The molecule has 128 valence electrons. The lowest BCUT2D eigenvalue weighted by atomic mass is 10.3. The summed E-state index contributed by atoms with van der Waals surface area (Å²) in [5.74, 6) is 0.905. The molecule has 2 fully saturated rings. The van der Waals surface area contributed by atoms with Gasteiger partial charge in [0.05, 0.1) is 42.0 Å². The van der Waals surface area contributed by atoms with Crippen LogP contribution in [0, 0.1) is 0 Å². The molecule has 2 atom stereocenters. The van der Waals surface area contributed by atoms with Crippen molar-refractivity contribution >= 4 is 19.7 Å². The molecule has 0 radical (unpaired) electrons. The van der Waals surface area contributed by atoms with Crippen molar-refractivity contribution in [1.29, 1.82) is 0 Å². The van der Waals surface area contributed by atoms with Gasteiger partial charge in [0, 0.05) is 0 Å². The van der Waals surface area contributed by atoms with Crippen LogP contribution in [0.1, 0.15) is 19.8 Å². The van der Waals surface area contributed by atoms with E-state index in [0.29, 0.717) is 19.4 Å². The normalized spacial score (nSPS) is 29.0. The minimum absolute atomic E-state index is 0.0991. The van der Waals surface area contributed by atoms with Crippen LogP contribution in [0.5, 0.6) is 0 Å². The highest BCUT2D eigenvalue weighted by Crippen LogP contribution is 2.15. The Morgan fingerprint density at radius 1 is 1.05 bits per heavy atom. The Balaban J connectivity index is 0.000000220. The van der Waals surface area contributed by atoms with Crippen molar-refractivity contribution in [1.82, 2.24) is 0 Å². The minimum Gasteiger partial charge on any atom is -0.497 e. The number of rotatable bonds is 5. The van der Waals surface area contributed by atoms with Gasteiger partial charge in [-0.25, -0.2) is 16.8 Å². The lowest BCUT2D eigenvalue weighted by molar-refractivity contribution is 0.0939. The standard InChI is InChI=1S/2C7H12O3S/c2*1-2-4-10-7-3-5-11(8,9)6-7/h2,4,7H,3,5-6H2,1H3;2,7H,1,3-6H2. The zero-order valence-electron chi connectivity index (χ0n) is 12.8. The maximum absolute atomic E-state index is 10.9. The Morgan fingerprint density at radius 3 is 2.00 bits per heavy atom. The fourth-order valence-corrected chi connectivity index (χ4v) is 5.37. The lowest BCUT2D eigenvalue weighted by Gasteiger charge is -2.05. The Kier molecular flexibility index (Phi) is 7.58. The van der Waals surface area contributed by atoms with Crippen molar-refractivity contribution < 1.29 is 26.3 Å². The Bertz CT molecular complexity index is 576. The van der Waals surface area contributed by atoms with Crippen LogP contribution >= 0.6 is 0 Å². The van der Waals surface area contributed by atoms with Gasteiger partial charge in [-0.15, -0.1) is 6.58 Å². The second kappa shape index (κ2) is 8.69. The molecule has 6 nitrogen and oxygen atoms in total. The fourth-order valence-electron chi connectivity index (χ4n) is 2.15. The van der Waals surface area contributed by atoms with Gasteiger partial charge < -0.3 is 9.47 Å². The van der Waals surface area contributed by atoms with Crippen molar-refractivity contribution in [3.05, 3.63) is 25.0 Å². The van der Waals surface area contributed by atoms with E-state index in [1.54, 1.807) is 18.4 Å². The quantitative estimate of drug-likeness (QED) is 0.544. The minimum atomic E-state index is -2.79. The molecule has 0 bridgehead atoms. The van der Waals surface area contributed by atoms with E-state index < -0.39 is 19.7 Å².